The van der Waals surface area contributed by atoms with E-state index in [-0.39, 0.29) is 24.5 Å². The molecule has 244 valence electrons. The summed E-state index contributed by atoms with van der Waals surface area (Å²) in [5.74, 6) is -0.171. The van der Waals surface area contributed by atoms with Crippen molar-refractivity contribution in [3.63, 3.8) is 0 Å². The SMILES string of the molecule is CCC/C=C1\c2ccccc2CCc2cc(C(=O)CCCNC(=O)CCc3ccc4n3[B-](F)(F)[N+]3=C(c5ccc[nH]5)C=CC3=C4)ccc21. The van der Waals surface area contributed by atoms with Gasteiger partial charge in [-0.25, -0.2) is 0 Å². The molecule has 0 saturated carbocycles. The molecule has 0 atom stereocenters. The topological polar surface area (TPSA) is 69.9 Å². The van der Waals surface area contributed by atoms with E-state index >= 15 is 8.63 Å². The first-order valence-corrected chi connectivity index (χ1v) is 17.0. The van der Waals surface area contributed by atoms with E-state index in [1.165, 1.54) is 27.8 Å². The lowest BCUT2D eigenvalue weighted by Crippen LogP contribution is -2.51. The van der Waals surface area contributed by atoms with Gasteiger partial charge in [-0.3, -0.25) is 9.59 Å². The van der Waals surface area contributed by atoms with E-state index in [9.17, 15) is 9.59 Å². The molecule has 2 aliphatic heterocycles. The molecule has 9 heteroatoms. The summed E-state index contributed by atoms with van der Waals surface area (Å²) in [5.41, 5.74) is 9.27. The van der Waals surface area contributed by atoms with Gasteiger partial charge in [0.15, 0.2) is 17.2 Å². The van der Waals surface area contributed by atoms with Gasteiger partial charge in [0.2, 0.25) is 5.91 Å². The number of ketones is 1. The Morgan fingerprint density at radius 3 is 2.65 bits per heavy atom. The molecule has 3 aliphatic rings. The predicted molar refractivity (Wildman–Crippen MR) is 187 cm³/mol. The van der Waals surface area contributed by atoms with Crippen molar-refractivity contribution >= 4 is 36.0 Å². The van der Waals surface area contributed by atoms with Crippen molar-refractivity contribution < 1.29 is 22.7 Å². The van der Waals surface area contributed by atoms with Gasteiger partial charge in [-0.05, 0) is 96.0 Å². The second-order valence-corrected chi connectivity index (χ2v) is 12.8. The Morgan fingerprint density at radius 2 is 1.81 bits per heavy atom. The monoisotopic (exact) mass is 644 g/mol. The van der Waals surface area contributed by atoms with Gasteiger partial charge in [-0.2, -0.15) is 0 Å². The first kappa shape index (κ1) is 31.5. The van der Waals surface area contributed by atoms with E-state index in [1.54, 1.807) is 48.7 Å². The molecule has 2 aromatic carbocycles. The van der Waals surface area contributed by atoms with Gasteiger partial charge in [-0.1, -0.05) is 55.8 Å². The number of benzene rings is 2. The smallest absolute Gasteiger partial charge is 0.394 e. The van der Waals surface area contributed by atoms with Gasteiger partial charge in [0.25, 0.3) is 0 Å². The number of aromatic nitrogens is 2. The van der Waals surface area contributed by atoms with Crippen LogP contribution in [0.25, 0.3) is 11.6 Å². The largest absolute Gasteiger partial charge is 0.737 e. The average molecular weight is 645 g/mol. The average Bonchev–Trinajstić information content (AvgIpc) is 3.85. The van der Waals surface area contributed by atoms with Crippen LogP contribution in [-0.2, 0) is 24.1 Å². The maximum absolute atomic E-state index is 16.0. The lowest BCUT2D eigenvalue weighted by molar-refractivity contribution is -0.360. The molecule has 48 heavy (non-hydrogen) atoms. The minimum absolute atomic E-state index is 0.0523. The standard InChI is InChI=1S/C39H39BF2N4O2/c1-2-3-9-35-33-10-5-4-8-27(33)13-14-28-25-29(15-20-34(28)35)38(47)12-7-24-44-39(48)22-19-30-16-17-31-26-32-18-21-37(36-11-6-23-43-36)46(32)40(41,42)45(30)31/h4-6,8-11,15-18,20-21,23,25-26,43H,2-3,7,12-14,19,22,24H2,1H3,(H,44,48)/b35-9+. The van der Waals surface area contributed by atoms with E-state index in [0.29, 0.717) is 53.4 Å². The summed E-state index contributed by atoms with van der Waals surface area (Å²) >= 11 is 0. The normalized spacial score (nSPS) is 16.6. The first-order valence-electron chi connectivity index (χ1n) is 17.0. The minimum Gasteiger partial charge on any atom is -0.394 e. The fraction of sp³-hybridized carbons (Fsp3) is 0.256. The van der Waals surface area contributed by atoms with Gasteiger partial charge in [-0.15, -0.1) is 0 Å². The van der Waals surface area contributed by atoms with Crippen molar-refractivity contribution in [2.45, 2.75) is 58.3 Å². The van der Waals surface area contributed by atoms with Crippen LogP contribution in [0.4, 0.5) is 8.63 Å². The number of allylic oxidation sites excluding steroid dienone is 3. The third kappa shape index (κ3) is 5.94. The molecule has 6 nitrogen and oxygen atoms in total. The number of Topliss-reactive ketones (excluding diaryl/α,β-unsaturated/α-hetero) is 1. The molecule has 0 spiro atoms. The molecule has 0 unspecified atom stereocenters. The van der Waals surface area contributed by atoms with Crippen LogP contribution in [-0.4, -0.2) is 44.9 Å². The molecule has 1 amide bonds. The van der Waals surface area contributed by atoms with E-state index in [2.05, 4.69) is 53.6 Å². The Bertz CT molecular complexity index is 2020. The summed E-state index contributed by atoms with van der Waals surface area (Å²) in [7, 11) is 0. The second kappa shape index (κ2) is 13.2. The molecular formula is C39H39BF2N4O2. The van der Waals surface area contributed by atoms with E-state index in [4.69, 9.17) is 0 Å². The molecule has 0 bridgehead atoms. The summed E-state index contributed by atoms with van der Waals surface area (Å²) in [6.45, 7) is -1.63. The predicted octanol–water partition coefficient (Wildman–Crippen LogP) is 7.51. The van der Waals surface area contributed by atoms with Crippen molar-refractivity contribution in [2.75, 3.05) is 6.54 Å². The van der Waals surface area contributed by atoms with Gasteiger partial charge < -0.3 is 27.9 Å². The number of halogens is 2. The summed E-state index contributed by atoms with van der Waals surface area (Å²) in [6.07, 6.45) is 14.1. The number of rotatable bonds is 11. The third-order valence-electron chi connectivity index (χ3n) is 9.61. The third-order valence-corrected chi connectivity index (χ3v) is 9.61. The van der Waals surface area contributed by atoms with Crippen molar-refractivity contribution in [2.24, 2.45) is 0 Å². The number of amides is 1. The lowest BCUT2D eigenvalue weighted by atomic mass is 9.90. The molecular weight excluding hydrogens is 605 g/mol. The van der Waals surface area contributed by atoms with Gasteiger partial charge in [0.05, 0.1) is 0 Å². The van der Waals surface area contributed by atoms with Crippen molar-refractivity contribution in [3.05, 3.63) is 142 Å². The molecule has 2 aromatic heterocycles. The first-order chi connectivity index (χ1) is 23.3. The maximum Gasteiger partial charge on any atom is 0.737 e. The molecule has 0 radical (unpaired) electrons. The molecule has 4 heterocycles. The number of nitrogens with zero attached hydrogens (tertiary/aromatic N) is 2. The number of hydrogen-bond acceptors (Lipinski definition) is 2. The number of aryl methyl sites for hydroxylation is 3. The Balaban J connectivity index is 0.943. The summed E-state index contributed by atoms with van der Waals surface area (Å²) < 4.78 is 34.2. The van der Waals surface area contributed by atoms with Crippen LogP contribution in [0.2, 0.25) is 0 Å². The van der Waals surface area contributed by atoms with Gasteiger partial charge >= 0.3 is 6.97 Å². The Hall–Kier alpha value is -5.05. The van der Waals surface area contributed by atoms with E-state index < -0.39 is 6.97 Å². The highest BCUT2D eigenvalue weighted by atomic mass is 19.2. The molecule has 0 saturated heterocycles. The number of hydrogen-bond donors (Lipinski definition) is 2. The second-order valence-electron chi connectivity index (χ2n) is 12.8. The fourth-order valence-electron chi connectivity index (χ4n) is 7.22. The van der Waals surface area contributed by atoms with Crippen molar-refractivity contribution in [1.82, 2.24) is 14.8 Å². The van der Waals surface area contributed by atoms with Crippen LogP contribution in [0.3, 0.4) is 0 Å². The van der Waals surface area contributed by atoms with Crippen LogP contribution >= 0.6 is 0 Å². The van der Waals surface area contributed by atoms with E-state index in [1.807, 2.05) is 12.1 Å². The summed E-state index contributed by atoms with van der Waals surface area (Å²) in [4.78, 5) is 28.9. The number of carbonyl (C=O) groups is 2. The maximum atomic E-state index is 16.0. The van der Waals surface area contributed by atoms with Gasteiger partial charge in [0, 0.05) is 55.1 Å². The van der Waals surface area contributed by atoms with E-state index in [0.717, 1.165) is 34.6 Å². The minimum atomic E-state index is -4.15. The zero-order chi connectivity index (χ0) is 33.3. The molecule has 7 rings (SSSR count). The Kier molecular flexibility index (Phi) is 8.69. The van der Waals surface area contributed by atoms with Crippen LogP contribution in [0, 0.1) is 0 Å². The summed E-state index contributed by atoms with van der Waals surface area (Å²) in [5, 5.41) is 2.88. The van der Waals surface area contributed by atoms with Crippen LogP contribution in [0.5, 0.6) is 0 Å². The molecule has 0 fully saturated rings. The molecule has 1 aliphatic carbocycles. The Morgan fingerprint density at radius 1 is 0.979 bits per heavy atom. The number of nitrogens with one attached hydrogen (secondary N) is 2. The van der Waals surface area contributed by atoms with Crippen LogP contribution in [0.1, 0.15) is 88.7 Å². The number of unbranched alkanes of at least 4 members (excludes halogenated alkanes) is 1. The highest BCUT2D eigenvalue weighted by molar-refractivity contribution is 6.58. The number of fused-ring (bicyclic) bond motifs is 4. The fourth-order valence-corrected chi connectivity index (χ4v) is 7.22. The van der Waals surface area contributed by atoms with Crippen LogP contribution in [0.15, 0.2) is 96.9 Å². The van der Waals surface area contributed by atoms with Crippen molar-refractivity contribution in [3.8, 4) is 0 Å². The molecule has 4 aromatic rings. The summed E-state index contributed by atoms with van der Waals surface area (Å²) in [6, 6.07) is 21.5. The zero-order valence-electron chi connectivity index (χ0n) is 27.1. The lowest BCUT2D eigenvalue weighted by Gasteiger charge is -2.30. The number of H-pyrrole nitrogens is 1. The highest BCUT2D eigenvalue weighted by Gasteiger charge is 2.52. The highest BCUT2D eigenvalue weighted by Crippen LogP contribution is 2.35. The van der Waals surface area contributed by atoms with Crippen LogP contribution < -0.4 is 5.32 Å². The number of aromatic amines is 1. The van der Waals surface area contributed by atoms with Crippen molar-refractivity contribution in [1.29, 1.82) is 0 Å². The van der Waals surface area contributed by atoms with Gasteiger partial charge in [0.1, 0.15) is 5.69 Å². The Labute approximate surface area is 279 Å². The zero-order valence-corrected chi connectivity index (χ0v) is 27.1. The quantitative estimate of drug-likeness (QED) is 0.101. The number of carbonyl (C=O) groups excluding carboxylic acids is 2. The molecule has 2 N–H and O–H groups in total.